The van der Waals surface area contributed by atoms with Gasteiger partial charge in [0.2, 0.25) is 0 Å². The minimum Gasteiger partial charge on any atom is -0.392 e. The summed E-state index contributed by atoms with van der Waals surface area (Å²) in [7, 11) is 0. The molecule has 0 saturated heterocycles. The Morgan fingerprint density at radius 2 is 2.20 bits per heavy atom. The summed E-state index contributed by atoms with van der Waals surface area (Å²) in [4.78, 5) is 5.03. The smallest absolute Gasteiger partial charge is 0.109 e. The number of thiocarbonyl (C=S) groups is 1. The second-order valence-electron chi connectivity index (χ2n) is 3.42. The third-order valence-corrected chi connectivity index (χ3v) is 2.49. The number of nitrogens with two attached hydrogens (primary N) is 1. The largest absolute Gasteiger partial charge is 0.392 e. The third kappa shape index (κ3) is 1.85. The van der Waals surface area contributed by atoms with Gasteiger partial charge >= 0.3 is 0 Å². The van der Waals surface area contributed by atoms with Gasteiger partial charge < -0.3 is 10.3 Å². The molecule has 0 atom stereocenters. The number of aryl methyl sites for hydroxylation is 1. The Hall–Kier alpha value is -1.42. The van der Waals surface area contributed by atoms with Gasteiger partial charge in [-0.05, 0) is 12.1 Å². The maximum absolute atomic E-state index is 5.58. The van der Waals surface area contributed by atoms with E-state index in [9.17, 15) is 0 Å². The highest BCUT2D eigenvalue weighted by Gasteiger charge is 2.08. The lowest BCUT2D eigenvalue weighted by Crippen LogP contribution is -2.18. The Kier molecular flexibility index (Phi) is 2.68. The van der Waals surface area contributed by atoms with E-state index in [1.807, 2.05) is 24.3 Å². The molecular weight excluding hydrogens is 206 g/mol. The fourth-order valence-electron chi connectivity index (χ4n) is 1.73. The summed E-state index contributed by atoms with van der Waals surface area (Å²) in [5.74, 6) is 1.03. The van der Waals surface area contributed by atoms with Gasteiger partial charge in [-0.2, -0.15) is 0 Å². The summed E-state index contributed by atoms with van der Waals surface area (Å²) >= 11 is 4.94. The summed E-state index contributed by atoms with van der Waals surface area (Å²) in [6.45, 7) is 2.65. The number of benzene rings is 1. The van der Waals surface area contributed by atoms with E-state index in [-0.39, 0.29) is 0 Å². The van der Waals surface area contributed by atoms with Gasteiger partial charge in [-0.25, -0.2) is 4.98 Å². The van der Waals surface area contributed by atoms with Gasteiger partial charge in [-0.1, -0.05) is 31.3 Å². The molecule has 0 unspecified atom stereocenters. The van der Waals surface area contributed by atoms with Crippen molar-refractivity contribution in [3.05, 3.63) is 30.1 Å². The van der Waals surface area contributed by atoms with Crippen molar-refractivity contribution in [3.63, 3.8) is 0 Å². The Bertz CT molecular complexity index is 502. The maximum atomic E-state index is 5.58. The van der Waals surface area contributed by atoms with Crippen LogP contribution in [0.15, 0.2) is 24.3 Å². The molecule has 1 aromatic carbocycles. The molecule has 0 saturated carbocycles. The number of rotatable bonds is 3. The van der Waals surface area contributed by atoms with Gasteiger partial charge in [-0.15, -0.1) is 0 Å². The first-order valence-electron chi connectivity index (χ1n) is 4.95. The average molecular weight is 219 g/mol. The lowest BCUT2D eigenvalue weighted by Gasteiger charge is -2.05. The number of para-hydroxylation sites is 2. The summed E-state index contributed by atoms with van der Waals surface area (Å²) in [6, 6.07) is 8.03. The molecular formula is C11H13N3S. The second-order valence-corrected chi connectivity index (χ2v) is 3.95. The summed E-state index contributed by atoms with van der Waals surface area (Å²) in [5.41, 5.74) is 7.69. The first kappa shape index (κ1) is 10.1. The highest BCUT2D eigenvalue weighted by atomic mass is 32.1. The van der Waals surface area contributed by atoms with Gasteiger partial charge in [0, 0.05) is 6.42 Å². The molecule has 0 amide bonds. The van der Waals surface area contributed by atoms with Gasteiger partial charge in [-0.3, -0.25) is 0 Å². The minimum absolute atomic E-state index is 0.493. The van der Waals surface area contributed by atoms with E-state index in [0.717, 1.165) is 23.3 Å². The van der Waals surface area contributed by atoms with Gasteiger partial charge in [0.25, 0.3) is 0 Å². The van der Waals surface area contributed by atoms with Crippen LogP contribution in [0, 0.1) is 0 Å². The minimum atomic E-state index is 0.493. The number of hydrogen-bond acceptors (Lipinski definition) is 2. The number of hydrogen-bond donors (Lipinski definition) is 1. The molecule has 15 heavy (non-hydrogen) atoms. The van der Waals surface area contributed by atoms with E-state index < -0.39 is 0 Å². The fourth-order valence-corrected chi connectivity index (χ4v) is 1.86. The van der Waals surface area contributed by atoms with Crippen LogP contribution in [-0.4, -0.2) is 14.5 Å². The lowest BCUT2D eigenvalue weighted by molar-refractivity contribution is 0.792. The van der Waals surface area contributed by atoms with Crippen molar-refractivity contribution in [2.24, 2.45) is 5.73 Å². The van der Waals surface area contributed by atoms with Crippen LogP contribution in [0.1, 0.15) is 12.7 Å². The Labute approximate surface area is 93.9 Å². The molecule has 3 nitrogen and oxygen atoms in total. The lowest BCUT2D eigenvalue weighted by atomic mass is 10.3. The van der Waals surface area contributed by atoms with Crippen LogP contribution in [0.2, 0.25) is 0 Å². The van der Waals surface area contributed by atoms with Crippen molar-refractivity contribution >= 4 is 28.2 Å². The molecule has 0 aliphatic carbocycles. The van der Waals surface area contributed by atoms with Gasteiger partial charge in [0.1, 0.15) is 5.82 Å². The summed E-state index contributed by atoms with van der Waals surface area (Å²) < 4.78 is 2.08. The molecule has 2 aromatic rings. The molecule has 0 bridgehead atoms. The predicted octanol–water partition coefficient (Wildman–Crippen LogP) is 1.88. The standard InChI is InChI=1S/C11H13N3S/c1-2-11-13-8-5-3-4-6-9(8)14(11)7-10(12)15/h3-6H,2,7H2,1H3,(H2,12,15). The van der Waals surface area contributed by atoms with Crippen molar-refractivity contribution in [2.45, 2.75) is 19.9 Å². The Balaban J connectivity index is 2.61. The van der Waals surface area contributed by atoms with Crippen LogP contribution in [0.25, 0.3) is 11.0 Å². The number of imidazole rings is 1. The SMILES string of the molecule is CCc1nc2ccccc2n1CC(N)=S. The van der Waals surface area contributed by atoms with Gasteiger partial charge in [0.15, 0.2) is 0 Å². The highest BCUT2D eigenvalue weighted by Crippen LogP contribution is 2.16. The molecule has 1 heterocycles. The number of aromatic nitrogens is 2. The zero-order valence-electron chi connectivity index (χ0n) is 8.60. The quantitative estimate of drug-likeness (QED) is 0.802. The van der Waals surface area contributed by atoms with E-state index in [2.05, 4.69) is 16.5 Å². The Morgan fingerprint density at radius 1 is 1.47 bits per heavy atom. The molecule has 4 heteroatoms. The van der Waals surface area contributed by atoms with E-state index in [4.69, 9.17) is 18.0 Å². The van der Waals surface area contributed by atoms with Crippen molar-refractivity contribution in [1.29, 1.82) is 0 Å². The average Bonchev–Trinajstić information content (AvgIpc) is 2.56. The monoisotopic (exact) mass is 219 g/mol. The van der Waals surface area contributed by atoms with Crippen molar-refractivity contribution < 1.29 is 0 Å². The normalized spacial score (nSPS) is 10.7. The molecule has 78 valence electrons. The predicted molar refractivity (Wildman–Crippen MR) is 65.9 cm³/mol. The molecule has 0 fully saturated rings. The molecule has 1 aromatic heterocycles. The van der Waals surface area contributed by atoms with E-state index in [0.29, 0.717) is 11.5 Å². The van der Waals surface area contributed by atoms with Crippen LogP contribution >= 0.6 is 12.2 Å². The van der Waals surface area contributed by atoms with Crippen LogP contribution in [-0.2, 0) is 13.0 Å². The van der Waals surface area contributed by atoms with Crippen molar-refractivity contribution in [3.8, 4) is 0 Å². The first-order valence-corrected chi connectivity index (χ1v) is 5.35. The molecule has 2 rings (SSSR count). The van der Waals surface area contributed by atoms with Crippen molar-refractivity contribution in [2.75, 3.05) is 0 Å². The third-order valence-electron chi connectivity index (χ3n) is 2.36. The van der Waals surface area contributed by atoms with Crippen molar-refractivity contribution in [1.82, 2.24) is 9.55 Å². The van der Waals surface area contributed by atoms with Gasteiger partial charge in [0.05, 0.1) is 22.6 Å². The molecule has 0 aliphatic heterocycles. The van der Waals surface area contributed by atoms with E-state index in [1.165, 1.54) is 0 Å². The van der Waals surface area contributed by atoms with E-state index in [1.54, 1.807) is 0 Å². The fraction of sp³-hybridized carbons (Fsp3) is 0.273. The van der Waals surface area contributed by atoms with Crippen LogP contribution in [0.3, 0.4) is 0 Å². The number of nitrogens with zero attached hydrogens (tertiary/aromatic N) is 2. The first-order chi connectivity index (χ1) is 7.22. The van der Waals surface area contributed by atoms with Crippen LogP contribution in [0.5, 0.6) is 0 Å². The second kappa shape index (κ2) is 3.98. The van der Waals surface area contributed by atoms with E-state index >= 15 is 0 Å². The Morgan fingerprint density at radius 3 is 2.87 bits per heavy atom. The molecule has 2 N–H and O–H groups in total. The zero-order chi connectivity index (χ0) is 10.8. The molecule has 0 radical (unpaired) electrons. The van der Waals surface area contributed by atoms with Crippen LogP contribution in [0.4, 0.5) is 0 Å². The molecule has 0 spiro atoms. The van der Waals surface area contributed by atoms with Crippen LogP contribution < -0.4 is 5.73 Å². The zero-order valence-corrected chi connectivity index (χ0v) is 9.42. The maximum Gasteiger partial charge on any atom is 0.109 e. The molecule has 0 aliphatic rings. The summed E-state index contributed by atoms with van der Waals surface area (Å²) in [6.07, 6.45) is 0.886. The number of fused-ring (bicyclic) bond motifs is 1. The topological polar surface area (TPSA) is 43.8 Å². The summed E-state index contributed by atoms with van der Waals surface area (Å²) in [5, 5.41) is 0. The highest BCUT2D eigenvalue weighted by molar-refractivity contribution is 7.80.